The van der Waals surface area contributed by atoms with E-state index in [0.717, 1.165) is 31.5 Å². The third-order valence-electron chi connectivity index (χ3n) is 6.52. The third kappa shape index (κ3) is 4.33. The van der Waals surface area contributed by atoms with Gasteiger partial charge in [-0.1, -0.05) is 0 Å². The zero-order valence-corrected chi connectivity index (χ0v) is 18.0. The number of likely N-dealkylation sites (tertiary alicyclic amines) is 2. The molecule has 0 bridgehead atoms. The van der Waals surface area contributed by atoms with Crippen molar-refractivity contribution < 1.29 is 18.0 Å². The molecular formula is C22H28F3N5O. The highest BCUT2D eigenvalue weighted by Gasteiger charge is 2.39. The van der Waals surface area contributed by atoms with Crippen LogP contribution < -0.4 is 5.32 Å². The first-order valence-corrected chi connectivity index (χ1v) is 10.8. The molecule has 31 heavy (non-hydrogen) atoms. The lowest BCUT2D eigenvalue weighted by atomic mass is 9.96. The standard InChI is InChI=1S/C22H28F3N5O/c1-13(2)29-8-6-16(10-14(29)3)30-9-7-19(21(30)31)28-20-17-11-15(22(23,24)25)4-5-18(17)26-12-27-20/h4-5,11-14,16,19H,6-10H2,1-3H3,(H,26,27,28)/t14?,16-,19-/m0/s1. The molecule has 1 unspecified atom stereocenters. The Kier molecular flexibility index (Phi) is 5.81. The van der Waals surface area contributed by atoms with Crippen LogP contribution in [0.2, 0.25) is 0 Å². The molecule has 0 saturated carbocycles. The summed E-state index contributed by atoms with van der Waals surface area (Å²) in [5.74, 6) is 0.258. The van der Waals surface area contributed by atoms with E-state index in [9.17, 15) is 18.0 Å². The molecule has 0 spiro atoms. The van der Waals surface area contributed by atoms with Crippen molar-refractivity contribution in [1.82, 2.24) is 19.8 Å². The minimum absolute atomic E-state index is 0.00562. The molecule has 1 aromatic carbocycles. The maximum atomic E-state index is 13.2. The Hall–Kier alpha value is -2.42. The van der Waals surface area contributed by atoms with E-state index >= 15 is 0 Å². The van der Waals surface area contributed by atoms with Crippen molar-refractivity contribution in [2.45, 2.75) is 70.4 Å². The maximum absolute atomic E-state index is 13.2. The van der Waals surface area contributed by atoms with Crippen molar-refractivity contribution in [3.05, 3.63) is 30.1 Å². The summed E-state index contributed by atoms with van der Waals surface area (Å²) in [6, 6.07) is 3.97. The van der Waals surface area contributed by atoms with Gasteiger partial charge in [-0.15, -0.1) is 0 Å². The predicted molar refractivity (Wildman–Crippen MR) is 113 cm³/mol. The van der Waals surface area contributed by atoms with Gasteiger partial charge in [0.2, 0.25) is 5.91 Å². The topological polar surface area (TPSA) is 61.4 Å². The summed E-state index contributed by atoms with van der Waals surface area (Å²) in [5, 5.41) is 3.37. The van der Waals surface area contributed by atoms with Crippen molar-refractivity contribution in [3.63, 3.8) is 0 Å². The summed E-state index contributed by atoms with van der Waals surface area (Å²) in [7, 11) is 0. The van der Waals surface area contributed by atoms with E-state index < -0.39 is 17.8 Å². The van der Waals surface area contributed by atoms with Gasteiger partial charge >= 0.3 is 6.18 Å². The van der Waals surface area contributed by atoms with Crippen molar-refractivity contribution in [2.24, 2.45) is 0 Å². The number of carbonyl (C=O) groups excluding carboxylic acids is 1. The summed E-state index contributed by atoms with van der Waals surface area (Å²) >= 11 is 0. The van der Waals surface area contributed by atoms with Gasteiger partial charge in [0.05, 0.1) is 11.1 Å². The summed E-state index contributed by atoms with van der Waals surface area (Å²) in [4.78, 5) is 25.7. The molecule has 3 atom stereocenters. The van der Waals surface area contributed by atoms with Crippen LogP contribution >= 0.6 is 0 Å². The smallest absolute Gasteiger partial charge is 0.358 e. The van der Waals surface area contributed by atoms with Gasteiger partial charge in [0.25, 0.3) is 0 Å². The highest BCUT2D eigenvalue weighted by molar-refractivity contribution is 5.93. The first kappa shape index (κ1) is 21.8. The quantitative estimate of drug-likeness (QED) is 0.789. The minimum Gasteiger partial charge on any atom is -0.358 e. The number of fused-ring (bicyclic) bond motifs is 1. The van der Waals surface area contributed by atoms with E-state index in [4.69, 9.17) is 0 Å². The Bertz CT molecular complexity index is 964. The second-order valence-electron chi connectivity index (χ2n) is 8.83. The number of aromatic nitrogens is 2. The van der Waals surface area contributed by atoms with Gasteiger partial charge in [-0.05, 0) is 58.2 Å². The Morgan fingerprint density at radius 3 is 2.61 bits per heavy atom. The summed E-state index contributed by atoms with van der Waals surface area (Å²) < 4.78 is 39.5. The zero-order chi connectivity index (χ0) is 22.3. The highest BCUT2D eigenvalue weighted by atomic mass is 19.4. The molecule has 0 aliphatic carbocycles. The molecule has 1 aromatic heterocycles. The van der Waals surface area contributed by atoms with E-state index in [2.05, 4.69) is 41.0 Å². The number of nitrogens with one attached hydrogen (secondary N) is 1. The van der Waals surface area contributed by atoms with Crippen LogP contribution in [0.5, 0.6) is 0 Å². The number of rotatable bonds is 4. The van der Waals surface area contributed by atoms with Crippen LogP contribution in [0.15, 0.2) is 24.5 Å². The molecule has 9 heteroatoms. The largest absolute Gasteiger partial charge is 0.416 e. The Labute approximate surface area is 179 Å². The van der Waals surface area contributed by atoms with Gasteiger partial charge < -0.3 is 10.2 Å². The molecule has 6 nitrogen and oxygen atoms in total. The number of carbonyl (C=O) groups is 1. The number of benzene rings is 1. The average Bonchev–Trinajstić information content (AvgIpc) is 3.07. The predicted octanol–water partition coefficient (Wildman–Crippen LogP) is 3.92. The molecule has 2 aliphatic heterocycles. The molecule has 2 saturated heterocycles. The van der Waals surface area contributed by atoms with Crippen LogP contribution in [0, 0.1) is 0 Å². The number of amides is 1. The molecule has 4 rings (SSSR count). The number of hydrogen-bond acceptors (Lipinski definition) is 5. The molecule has 1 amide bonds. The van der Waals surface area contributed by atoms with Crippen LogP contribution in [-0.2, 0) is 11.0 Å². The van der Waals surface area contributed by atoms with Gasteiger partial charge in [-0.3, -0.25) is 9.69 Å². The highest BCUT2D eigenvalue weighted by Crippen LogP contribution is 2.33. The van der Waals surface area contributed by atoms with Crippen LogP contribution in [-0.4, -0.2) is 62.9 Å². The monoisotopic (exact) mass is 435 g/mol. The molecule has 168 valence electrons. The SMILES string of the molecule is CC(C)N1CC[C@H](N2CC[C@H](Nc3ncnc4ccc(C(F)(F)F)cc34)C2=O)CC1C. The van der Waals surface area contributed by atoms with E-state index in [-0.39, 0.29) is 23.2 Å². The second kappa shape index (κ2) is 8.26. The molecule has 2 aromatic rings. The van der Waals surface area contributed by atoms with Crippen LogP contribution in [0.3, 0.4) is 0 Å². The Balaban J connectivity index is 1.50. The van der Waals surface area contributed by atoms with Crippen LogP contribution in [0.25, 0.3) is 10.9 Å². The van der Waals surface area contributed by atoms with Crippen molar-refractivity contribution in [3.8, 4) is 0 Å². The normalized spacial score (nSPS) is 25.6. The minimum atomic E-state index is -4.46. The molecule has 1 N–H and O–H groups in total. The molecule has 2 aliphatic rings. The van der Waals surface area contributed by atoms with Gasteiger partial charge in [-0.2, -0.15) is 13.2 Å². The lowest BCUT2D eigenvalue weighted by molar-refractivity contribution is -0.137. The van der Waals surface area contributed by atoms with Crippen molar-refractivity contribution in [2.75, 3.05) is 18.4 Å². The van der Waals surface area contributed by atoms with Crippen LogP contribution in [0.1, 0.15) is 45.6 Å². The Morgan fingerprint density at radius 1 is 1.16 bits per heavy atom. The van der Waals surface area contributed by atoms with Crippen molar-refractivity contribution in [1.29, 1.82) is 0 Å². The lowest BCUT2D eigenvalue weighted by Crippen LogP contribution is -2.52. The number of anilines is 1. The number of halogens is 3. The average molecular weight is 435 g/mol. The summed E-state index contributed by atoms with van der Waals surface area (Å²) in [5.41, 5.74) is -0.356. The molecule has 3 heterocycles. The number of alkyl halides is 3. The summed E-state index contributed by atoms with van der Waals surface area (Å²) in [6.07, 6.45) is -0.683. The van der Waals surface area contributed by atoms with E-state index in [0.29, 0.717) is 30.6 Å². The van der Waals surface area contributed by atoms with Gasteiger partial charge in [0.15, 0.2) is 0 Å². The molecular weight excluding hydrogens is 407 g/mol. The first-order chi connectivity index (χ1) is 14.6. The number of hydrogen-bond donors (Lipinski definition) is 1. The number of nitrogens with zero attached hydrogens (tertiary/aromatic N) is 4. The zero-order valence-electron chi connectivity index (χ0n) is 18.0. The fourth-order valence-corrected chi connectivity index (χ4v) is 4.93. The number of piperidine rings is 1. The van der Waals surface area contributed by atoms with Gasteiger partial charge in [-0.25, -0.2) is 9.97 Å². The molecule has 2 fully saturated rings. The fourth-order valence-electron chi connectivity index (χ4n) is 4.93. The Morgan fingerprint density at radius 2 is 1.94 bits per heavy atom. The lowest BCUT2D eigenvalue weighted by Gasteiger charge is -2.43. The van der Waals surface area contributed by atoms with Crippen LogP contribution in [0.4, 0.5) is 19.0 Å². The fraction of sp³-hybridized carbons (Fsp3) is 0.591. The third-order valence-corrected chi connectivity index (χ3v) is 6.52. The molecule has 0 radical (unpaired) electrons. The first-order valence-electron chi connectivity index (χ1n) is 10.8. The van der Waals surface area contributed by atoms with Gasteiger partial charge in [0, 0.05) is 36.6 Å². The summed E-state index contributed by atoms with van der Waals surface area (Å²) in [6.45, 7) is 8.18. The van der Waals surface area contributed by atoms with E-state index in [1.54, 1.807) is 0 Å². The maximum Gasteiger partial charge on any atom is 0.416 e. The van der Waals surface area contributed by atoms with Crippen molar-refractivity contribution >= 4 is 22.6 Å². The van der Waals surface area contributed by atoms with E-state index in [1.807, 2.05) is 4.90 Å². The van der Waals surface area contributed by atoms with E-state index in [1.165, 1.54) is 12.4 Å². The van der Waals surface area contributed by atoms with Gasteiger partial charge in [0.1, 0.15) is 18.2 Å². The second-order valence-corrected chi connectivity index (χ2v) is 8.83.